The second-order valence-electron chi connectivity index (χ2n) is 3.97. The van der Waals surface area contributed by atoms with Crippen molar-refractivity contribution >= 4 is 0 Å². The van der Waals surface area contributed by atoms with Crippen LogP contribution in [0.2, 0.25) is 0 Å². The summed E-state index contributed by atoms with van der Waals surface area (Å²) in [5.74, 6) is -0.327. The van der Waals surface area contributed by atoms with Gasteiger partial charge in [-0.25, -0.2) is 4.39 Å². The van der Waals surface area contributed by atoms with E-state index in [2.05, 4.69) is 11.1 Å². The van der Waals surface area contributed by atoms with Gasteiger partial charge < -0.3 is 0 Å². The summed E-state index contributed by atoms with van der Waals surface area (Å²) in [5, 5.41) is 9.05. The lowest BCUT2D eigenvalue weighted by molar-refractivity contribution is 0.630. The van der Waals surface area contributed by atoms with Crippen molar-refractivity contribution < 1.29 is 4.39 Å². The van der Waals surface area contributed by atoms with Crippen molar-refractivity contribution in [3.63, 3.8) is 0 Å². The number of aryl methyl sites for hydroxylation is 2. The first-order valence-corrected chi connectivity index (χ1v) is 5.25. The molecule has 84 valence electrons. The Morgan fingerprint density at radius 1 is 1.18 bits per heavy atom. The number of nitrogens with zero attached hydrogens (tertiary/aromatic N) is 2. The van der Waals surface area contributed by atoms with E-state index in [0.29, 0.717) is 16.7 Å². The molecule has 0 aliphatic carbocycles. The molecule has 0 spiro atoms. The molecule has 0 unspecified atom stereocenters. The summed E-state index contributed by atoms with van der Waals surface area (Å²) in [5.41, 5.74) is 3.00. The molecule has 0 bridgehead atoms. The van der Waals surface area contributed by atoms with Gasteiger partial charge in [0.25, 0.3) is 0 Å². The molecule has 0 amide bonds. The number of benzene rings is 1. The fourth-order valence-corrected chi connectivity index (χ4v) is 1.71. The lowest BCUT2D eigenvalue weighted by Gasteiger charge is -2.06. The van der Waals surface area contributed by atoms with Crippen LogP contribution in [0.4, 0.5) is 4.39 Å². The molecule has 0 saturated heterocycles. The van der Waals surface area contributed by atoms with E-state index >= 15 is 0 Å². The molecular formula is C14H11FN2. The number of hydrogen-bond acceptors (Lipinski definition) is 2. The minimum Gasteiger partial charge on any atom is -0.261 e. The number of aromatic nitrogens is 1. The Labute approximate surface area is 99.4 Å². The van der Waals surface area contributed by atoms with Gasteiger partial charge in [-0.1, -0.05) is 12.1 Å². The molecule has 1 aromatic heterocycles. The van der Waals surface area contributed by atoms with Crippen molar-refractivity contribution in [2.75, 3.05) is 0 Å². The van der Waals surface area contributed by atoms with Gasteiger partial charge in [0.2, 0.25) is 0 Å². The molecule has 3 heteroatoms. The zero-order valence-electron chi connectivity index (χ0n) is 9.66. The average Bonchev–Trinajstić information content (AvgIpc) is 2.30. The lowest BCUT2D eigenvalue weighted by Crippen LogP contribution is -1.92. The number of rotatable bonds is 1. The van der Waals surface area contributed by atoms with E-state index in [9.17, 15) is 4.39 Å². The lowest BCUT2D eigenvalue weighted by atomic mass is 10.0. The van der Waals surface area contributed by atoms with E-state index in [1.165, 1.54) is 6.07 Å². The van der Waals surface area contributed by atoms with E-state index in [4.69, 9.17) is 5.26 Å². The van der Waals surface area contributed by atoms with Gasteiger partial charge in [-0.2, -0.15) is 5.26 Å². The average molecular weight is 226 g/mol. The van der Waals surface area contributed by atoms with Crippen LogP contribution in [0, 0.1) is 31.0 Å². The fraction of sp³-hybridized carbons (Fsp3) is 0.143. The summed E-state index contributed by atoms with van der Waals surface area (Å²) in [6.45, 7) is 3.63. The van der Waals surface area contributed by atoms with E-state index in [1.54, 1.807) is 25.3 Å². The third-order valence-electron chi connectivity index (χ3n) is 2.58. The highest BCUT2D eigenvalue weighted by Crippen LogP contribution is 2.26. The predicted molar refractivity (Wildman–Crippen MR) is 63.8 cm³/mol. The standard InChI is InChI=1S/C14H11FN2/c1-9-3-4-12(14(15)5-9)13-8-17-10(2)6-11(13)7-16/h3-6,8H,1-2H3. The van der Waals surface area contributed by atoms with Gasteiger partial charge in [0.05, 0.1) is 11.6 Å². The maximum Gasteiger partial charge on any atom is 0.131 e. The number of halogens is 1. The van der Waals surface area contributed by atoms with Crippen LogP contribution in [0.5, 0.6) is 0 Å². The Hall–Kier alpha value is -2.21. The monoisotopic (exact) mass is 226 g/mol. The van der Waals surface area contributed by atoms with Crippen LogP contribution in [0.1, 0.15) is 16.8 Å². The third kappa shape index (κ3) is 2.16. The van der Waals surface area contributed by atoms with Crippen LogP contribution in [0.25, 0.3) is 11.1 Å². The molecule has 1 aromatic carbocycles. The van der Waals surface area contributed by atoms with Crippen LogP contribution in [-0.4, -0.2) is 4.98 Å². The maximum absolute atomic E-state index is 13.8. The second-order valence-corrected chi connectivity index (χ2v) is 3.97. The zero-order valence-corrected chi connectivity index (χ0v) is 9.66. The van der Waals surface area contributed by atoms with Crippen molar-refractivity contribution in [3.05, 3.63) is 53.1 Å². The fourth-order valence-electron chi connectivity index (χ4n) is 1.71. The largest absolute Gasteiger partial charge is 0.261 e. The van der Waals surface area contributed by atoms with Crippen molar-refractivity contribution in [1.82, 2.24) is 4.98 Å². The Bertz CT molecular complexity index is 612. The first-order valence-electron chi connectivity index (χ1n) is 5.25. The summed E-state index contributed by atoms with van der Waals surface area (Å²) in [6, 6.07) is 8.68. The van der Waals surface area contributed by atoms with Crippen molar-refractivity contribution in [2.45, 2.75) is 13.8 Å². The van der Waals surface area contributed by atoms with Crippen molar-refractivity contribution in [1.29, 1.82) is 5.26 Å². The van der Waals surface area contributed by atoms with Crippen LogP contribution in [0.3, 0.4) is 0 Å². The molecule has 2 aromatic rings. The highest BCUT2D eigenvalue weighted by atomic mass is 19.1. The number of pyridine rings is 1. The molecule has 0 atom stereocenters. The van der Waals surface area contributed by atoms with Crippen LogP contribution >= 0.6 is 0 Å². The van der Waals surface area contributed by atoms with Crippen LogP contribution < -0.4 is 0 Å². The van der Waals surface area contributed by atoms with Crippen LogP contribution in [0.15, 0.2) is 30.5 Å². The van der Waals surface area contributed by atoms with Crippen molar-refractivity contribution in [3.8, 4) is 17.2 Å². The topological polar surface area (TPSA) is 36.7 Å². The number of nitriles is 1. The molecule has 0 N–H and O–H groups in total. The second kappa shape index (κ2) is 4.34. The molecule has 0 aliphatic heterocycles. The molecule has 0 aliphatic rings. The summed E-state index contributed by atoms with van der Waals surface area (Å²) < 4.78 is 13.8. The number of hydrogen-bond donors (Lipinski definition) is 0. The summed E-state index contributed by atoms with van der Waals surface area (Å²) in [7, 11) is 0. The van der Waals surface area contributed by atoms with Gasteiger partial charge in [-0.05, 0) is 31.5 Å². The Morgan fingerprint density at radius 3 is 2.59 bits per heavy atom. The van der Waals surface area contributed by atoms with Gasteiger partial charge in [0.1, 0.15) is 5.82 Å². The first-order chi connectivity index (χ1) is 8.11. The summed E-state index contributed by atoms with van der Waals surface area (Å²) >= 11 is 0. The molecule has 1 heterocycles. The molecule has 2 rings (SSSR count). The zero-order chi connectivity index (χ0) is 12.4. The van der Waals surface area contributed by atoms with Gasteiger partial charge >= 0.3 is 0 Å². The Kier molecular flexibility index (Phi) is 2.88. The highest BCUT2D eigenvalue weighted by molar-refractivity contribution is 5.70. The van der Waals surface area contributed by atoms with E-state index in [1.807, 2.05) is 13.0 Å². The molecule has 2 nitrogen and oxygen atoms in total. The maximum atomic E-state index is 13.8. The third-order valence-corrected chi connectivity index (χ3v) is 2.58. The van der Waals surface area contributed by atoms with Gasteiger partial charge in [-0.15, -0.1) is 0 Å². The Morgan fingerprint density at radius 2 is 1.94 bits per heavy atom. The van der Waals surface area contributed by atoms with E-state index < -0.39 is 0 Å². The molecule has 0 radical (unpaired) electrons. The van der Waals surface area contributed by atoms with Crippen LogP contribution in [-0.2, 0) is 0 Å². The normalized spacial score (nSPS) is 10.0. The van der Waals surface area contributed by atoms with Crippen molar-refractivity contribution in [2.24, 2.45) is 0 Å². The molecular weight excluding hydrogens is 215 g/mol. The summed E-state index contributed by atoms with van der Waals surface area (Å²) in [6.07, 6.45) is 1.54. The van der Waals surface area contributed by atoms with E-state index in [0.717, 1.165) is 11.3 Å². The minimum absolute atomic E-state index is 0.327. The van der Waals surface area contributed by atoms with Gasteiger partial charge in [-0.3, -0.25) is 4.98 Å². The quantitative estimate of drug-likeness (QED) is 0.747. The van der Waals surface area contributed by atoms with Gasteiger partial charge in [0, 0.05) is 23.0 Å². The van der Waals surface area contributed by atoms with E-state index in [-0.39, 0.29) is 5.82 Å². The smallest absolute Gasteiger partial charge is 0.131 e. The first kappa shape index (κ1) is 11.3. The SMILES string of the molecule is Cc1ccc(-c2cnc(C)cc2C#N)c(F)c1. The summed E-state index contributed by atoms with van der Waals surface area (Å²) in [4.78, 5) is 4.11. The molecule has 0 fully saturated rings. The predicted octanol–water partition coefficient (Wildman–Crippen LogP) is 3.38. The molecule has 0 saturated carbocycles. The molecule has 17 heavy (non-hydrogen) atoms. The Balaban J connectivity index is 2.65. The minimum atomic E-state index is -0.327. The highest BCUT2D eigenvalue weighted by Gasteiger charge is 2.10. The van der Waals surface area contributed by atoms with Gasteiger partial charge in [0.15, 0.2) is 0 Å².